The number of hydrogen-bond donors (Lipinski definition) is 24. The zero-order valence-corrected chi connectivity index (χ0v) is 66.0. The van der Waals surface area contributed by atoms with Crippen molar-refractivity contribution in [1.82, 2.24) is 68.8 Å². The van der Waals surface area contributed by atoms with E-state index in [1.54, 1.807) is 74.6 Å². The standard InChI is InChI=1S/C78H117N17O21/c1-44(2)33-55(68(105)90-59(37-48-39-83-52-23-10-9-21-50(48)52)72(109)94-64(43-99)77(114)95-63(42-98)75(112)85-54(78(115)116)25-13-16-32-81)86-69(106)58(36-47-26-28-49(100)29-27-47)87-67(104)53(24-12-15-31-80)84-74(111)62(41-97)93-71(108)57(35-46-19-7-4-8-20-46)88-70(107)56(34-45-17-5-3-6-18-45)89-73(110)60(38-65(101)102)91-76(113)61(40-96)92-66(103)51(82)22-11-14-30-79/h4,7-10,19-21,23,26-29,39,44-45,51,53-64,83,96-100H,3,5-6,11-18,22,24-25,30-38,40-43,79-82H2,1-2H3,(H,84,111)(H,85,112)(H,86,106)(H,87,104)(H,88,107)(H,89,110)(H,90,105)(H,91,113)(H,92,103)(H,93,108)(H,94,109)(H,95,114)(H,101,102)(H,115,116)/p+4/t51-,53+,54-,55-,56-,57-,58-,59-,60-,61-,62+,63-,64-/m0/s1. The highest BCUT2D eigenvalue weighted by atomic mass is 16.4. The summed E-state index contributed by atoms with van der Waals surface area (Å²) in [5.41, 5.74) is 17.2. The van der Waals surface area contributed by atoms with Crippen molar-refractivity contribution in [3.63, 3.8) is 0 Å². The minimum absolute atomic E-state index is 0.0111. The number of aromatic nitrogens is 1. The molecule has 0 aliphatic heterocycles. The van der Waals surface area contributed by atoms with E-state index in [0.29, 0.717) is 98.6 Å². The van der Waals surface area contributed by atoms with Crippen LogP contribution in [0, 0.1) is 11.8 Å². The van der Waals surface area contributed by atoms with Gasteiger partial charge in [-0.05, 0) is 111 Å². The number of quaternary nitrogens is 4. The van der Waals surface area contributed by atoms with Gasteiger partial charge in [-0.25, -0.2) is 4.79 Å². The zero-order chi connectivity index (χ0) is 85.4. The van der Waals surface area contributed by atoms with Gasteiger partial charge in [-0.15, -0.1) is 0 Å². The Morgan fingerprint density at radius 2 is 0.776 bits per heavy atom. The molecule has 12 amide bonds. The van der Waals surface area contributed by atoms with E-state index in [1.807, 2.05) is 0 Å². The average Bonchev–Trinajstić information content (AvgIpc) is 1.66. The predicted molar refractivity (Wildman–Crippen MR) is 418 cm³/mol. The van der Waals surface area contributed by atoms with Crippen molar-refractivity contribution in [3.05, 3.63) is 102 Å². The lowest BCUT2D eigenvalue weighted by atomic mass is 9.84. The molecule has 0 bridgehead atoms. The van der Waals surface area contributed by atoms with Crippen molar-refractivity contribution in [1.29, 1.82) is 0 Å². The fourth-order valence-electron chi connectivity index (χ4n) is 13.3. The van der Waals surface area contributed by atoms with Gasteiger partial charge in [0.1, 0.15) is 78.3 Å². The van der Waals surface area contributed by atoms with Crippen molar-refractivity contribution in [2.45, 2.75) is 221 Å². The maximum absolute atomic E-state index is 15.0. The molecule has 32 N–H and O–H groups in total. The summed E-state index contributed by atoms with van der Waals surface area (Å²) in [5.74, 6) is -15.8. The summed E-state index contributed by atoms with van der Waals surface area (Å²) in [5, 5.41) is 102. The van der Waals surface area contributed by atoms with Crippen molar-refractivity contribution in [3.8, 4) is 5.75 Å². The molecule has 13 atom stereocenters. The third-order valence-electron chi connectivity index (χ3n) is 19.9. The summed E-state index contributed by atoms with van der Waals surface area (Å²) in [6, 6.07) is 0.411. The summed E-state index contributed by atoms with van der Waals surface area (Å²) < 4.78 is 0. The number of phenolic OH excluding ortho intramolecular Hbond substituents is 1. The van der Waals surface area contributed by atoms with Crippen LogP contribution in [-0.2, 0) is 86.4 Å². The number of carbonyl (C=O) groups is 14. The van der Waals surface area contributed by atoms with Gasteiger partial charge in [0.25, 0.3) is 5.91 Å². The first-order valence-corrected chi connectivity index (χ1v) is 39.6. The molecule has 0 radical (unpaired) electrons. The van der Waals surface area contributed by atoms with Crippen LogP contribution in [-0.4, -0.2) is 248 Å². The number of para-hydroxylation sites is 1. The van der Waals surface area contributed by atoms with Gasteiger partial charge in [0.05, 0.1) is 52.5 Å². The molecule has 3 aromatic carbocycles. The third-order valence-corrected chi connectivity index (χ3v) is 19.9. The molecule has 1 fully saturated rings. The van der Waals surface area contributed by atoms with Crippen molar-refractivity contribution in [2.75, 3.05) is 46.1 Å². The average molecular weight is 1630 g/mol. The number of aliphatic hydroxyl groups excluding tert-OH is 4. The number of carboxylic acids is 2. The highest BCUT2D eigenvalue weighted by Crippen LogP contribution is 2.28. The Morgan fingerprint density at radius 3 is 1.26 bits per heavy atom. The number of fused-ring (bicyclic) bond motifs is 1. The van der Waals surface area contributed by atoms with Crippen LogP contribution in [0.2, 0.25) is 0 Å². The lowest BCUT2D eigenvalue weighted by molar-refractivity contribution is -0.406. The van der Waals surface area contributed by atoms with E-state index >= 15 is 4.79 Å². The number of amides is 12. The molecule has 116 heavy (non-hydrogen) atoms. The first-order chi connectivity index (χ1) is 55.5. The van der Waals surface area contributed by atoms with Gasteiger partial charge in [0, 0.05) is 42.8 Å². The molecule has 1 aromatic heterocycles. The Hall–Kier alpha value is -10.7. The van der Waals surface area contributed by atoms with Crippen LogP contribution in [0.5, 0.6) is 5.75 Å². The maximum atomic E-state index is 15.0. The number of hydrogen-bond acceptors (Lipinski definition) is 19. The molecule has 1 aliphatic rings. The van der Waals surface area contributed by atoms with Crippen LogP contribution in [0.25, 0.3) is 10.9 Å². The molecule has 1 saturated carbocycles. The van der Waals surface area contributed by atoms with Crippen LogP contribution in [0.1, 0.15) is 140 Å². The Labute approximate surface area is 671 Å². The van der Waals surface area contributed by atoms with Gasteiger partial charge in [-0.3, -0.25) is 62.3 Å². The van der Waals surface area contributed by atoms with Crippen LogP contribution in [0.15, 0.2) is 85.1 Å². The van der Waals surface area contributed by atoms with Crippen molar-refractivity contribution >= 4 is 93.7 Å². The summed E-state index contributed by atoms with van der Waals surface area (Å²) in [4.78, 5) is 199. The van der Waals surface area contributed by atoms with Crippen LogP contribution in [0.4, 0.5) is 0 Å². The largest absolute Gasteiger partial charge is 0.508 e. The van der Waals surface area contributed by atoms with E-state index in [0.717, 1.165) is 19.3 Å². The molecule has 640 valence electrons. The number of phenols is 1. The van der Waals surface area contributed by atoms with E-state index in [9.17, 15) is 98.1 Å². The minimum atomic E-state index is -1.87. The molecule has 38 nitrogen and oxygen atoms in total. The quantitative estimate of drug-likeness (QED) is 0.0183. The zero-order valence-electron chi connectivity index (χ0n) is 66.0. The smallest absolute Gasteiger partial charge is 0.326 e. The molecular weight excluding hydrogens is 1510 g/mol. The Balaban J connectivity index is 1.41. The van der Waals surface area contributed by atoms with Gasteiger partial charge in [-0.2, -0.15) is 0 Å². The molecule has 1 aliphatic carbocycles. The molecule has 0 spiro atoms. The number of carbonyl (C=O) groups excluding carboxylic acids is 12. The lowest BCUT2D eigenvalue weighted by Crippen LogP contribution is -2.69. The molecule has 38 heteroatoms. The van der Waals surface area contributed by atoms with Crippen LogP contribution >= 0.6 is 0 Å². The van der Waals surface area contributed by atoms with Crippen LogP contribution in [0.3, 0.4) is 0 Å². The van der Waals surface area contributed by atoms with E-state index in [4.69, 9.17) is 0 Å². The monoisotopic (exact) mass is 1630 g/mol. The molecule has 0 unspecified atom stereocenters. The highest BCUT2D eigenvalue weighted by molar-refractivity contribution is 6.01. The van der Waals surface area contributed by atoms with Gasteiger partial charge in [-0.1, -0.05) is 107 Å². The number of unbranched alkanes of at least 4 members (excludes halogenated alkanes) is 3. The first kappa shape index (κ1) is 95.8. The SMILES string of the molecule is CC(C)C[C@H](NC(=O)[C@H](Cc1ccc(O)cc1)NC(=O)[C@@H](CCCC[NH3+])NC(=O)[C@@H](CO)NC(=O)[C@H](Cc1ccccc1)NC(=O)[C@H](CC1CCCCC1)NC(=O)[C@H](CC(=O)O)NC(=O)[C@H](CO)NC(=O)[C@@H]([NH3+])CCCC[NH3+])C(=O)N[C@@H](Cc1c[nH]c2ccccc12)C(=O)N[C@@H](CO)C(=O)N[C@@H](CO)C(=O)N[C@@H](CCCC[NH3+])C(=O)O. The van der Waals surface area contributed by atoms with Gasteiger partial charge < -0.3 is 127 Å². The number of benzene rings is 3. The Kier molecular flexibility index (Phi) is 41.8. The molecule has 5 rings (SSSR count). The Bertz CT molecular complexity index is 3870. The van der Waals surface area contributed by atoms with Gasteiger partial charge in [0.15, 0.2) is 6.04 Å². The number of aliphatic hydroxyl groups is 4. The van der Waals surface area contributed by atoms with Crippen molar-refractivity contribution in [2.24, 2.45) is 11.8 Å². The van der Waals surface area contributed by atoms with E-state index in [2.05, 4.69) is 91.7 Å². The lowest BCUT2D eigenvalue weighted by Gasteiger charge is -2.30. The molecule has 4 aromatic rings. The minimum Gasteiger partial charge on any atom is -0.508 e. The third kappa shape index (κ3) is 32.5. The summed E-state index contributed by atoms with van der Waals surface area (Å²) in [6.07, 6.45) is 6.51. The van der Waals surface area contributed by atoms with Crippen molar-refractivity contribution < 1.29 is 126 Å². The van der Waals surface area contributed by atoms with Gasteiger partial charge in [0.2, 0.25) is 65.0 Å². The van der Waals surface area contributed by atoms with E-state index in [1.165, 1.54) is 24.3 Å². The fraction of sp³-hybridized carbons (Fsp3) is 0.564. The second-order valence-electron chi connectivity index (χ2n) is 29.6. The second kappa shape index (κ2) is 50.6. The van der Waals surface area contributed by atoms with Crippen LogP contribution < -0.4 is 86.7 Å². The predicted octanol–water partition coefficient (Wildman–Crippen LogP) is -6.89. The molecule has 1 heterocycles. The topological polar surface area (TPSA) is 651 Å². The number of H-pyrrole nitrogens is 1. The number of nitrogens with one attached hydrogen (secondary N) is 13. The molecule has 0 saturated heterocycles. The second-order valence-corrected chi connectivity index (χ2v) is 29.6. The Morgan fingerprint density at radius 1 is 0.405 bits per heavy atom. The van der Waals surface area contributed by atoms with Gasteiger partial charge >= 0.3 is 11.9 Å². The number of aromatic amines is 1. The number of aliphatic carboxylic acids is 2. The number of carboxylic acid groups (broad SMARTS) is 2. The summed E-state index contributed by atoms with van der Waals surface area (Å²) in [7, 11) is 0. The first-order valence-electron chi connectivity index (χ1n) is 39.6. The summed E-state index contributed by atoms with van der Waals surface area (Å²) in [6.45, 7) is 0.830. The fourth-order valence-corrected chi connectivity index (χ4v) is 13.3. The summed E-state index contributed by atoms with van der Waals surface area (Å²) >= 11 is 0. The highest BCUT2D eigenvalue weighted by Gasteiger charge is 2.39. The molecular formula is C78H121N17O21+4. The number of rotatable bonds is 53. The van der Waals surface area contributed by atoms with E-state index in [-0.39, 0.29) is 69.0 Å². The van der Waals surface area contributed by atoms with E-state index < -0.39 is 194 Å². The number of aromatic hydroxyl groups is 1. The normalized spacial score (nSPS) is 15.6. The maximum Gasteiger partial charge on any atom is 0.326 e.